The van der Waals surface area contributed by atoms with Gasteiger partial charge >= 0.3 is 5.69 Å². The van der Waals surface area contributed by atoms with Crippen LogP contribution in [0.5, 0.6) is 0 Å². The van der Waals surface area contributed by atoms with Crippen LogP contribution in [0, 0.1) is 17.0 Å². The fourth-order valence-corrected chi connectivity index (χ4v) is 1.66. The van der Waals surface area contributed by atoms with Gasteiger partial charge < -0.3 is 15.9 Å². The number of aromatic nitrogens is 1. The standard InChI is InChI=1S/C9H13N3O4S/c1-4-5(8(14)6(13)3-17)2-11-9(10)7(4)12(15)16/h2,6,8,13-14,17H,3H2,1H3,(H2,10,11). The summed E-state index contributed by atoms with van der Waals surface area (Å²) in [5.41, 5.74) is 5.40. The molecular weight excluding hydrogens is 246 g/mol. The minimum absolute atomic E-state index is 0.0266. The van der Waals surface area contributed by atoms with Gasteiger partial charge in [-0.1, -0.05) is 0 Å². The summed E-state index contributed by atoms with van der Waals surface area (Å²) in [6.07, 6.45) is -1.18. The molecule has 17 heavy (non-hydrogen) atoms. The number of nitrogens with zero attached hydrogens (tertiary/aromatic N) is 2. The first-order valence-electron chi connectivity index (χ1n) is 4.76. The maximum Gasteiger partial charge on any atom is 0.314 e. The summed E-state index contributed by atoms with van der Waals surface area (Å²) in [6, 6.07) is 0. The zero-order valence-corrected chi connectivity index (χ0v) is 9.96. The second-order valence-corrected chi connectivity index (χ2v) is 3.89. The maximum atomic E-state index is 10.8. The van der Waals surface area contributed by atoms with Crippen molar-refractivity contribution in [1.82, 2.24) is 4.98 Å². The van der Waals surface area contributed by atoms with Crippen molar-refractivity contribution in [3.8, 4) is 0 Å². The zero-order chi connectivity index (χ0) is 13.2. The first-order chi connectivity index (χ1) is 7.90. The van der Waals surface area contributed by atoms with Gasteiger partial charge in [0.25, 0.3) is 0 Å². The Kier molecular flexibility index (Phi) is 4.27. The van der Waals surface area contributed by atoms with E-state index in [0.717, 1.165) is 0 Å². The number of aliphatic hydroxyl groups excluding tert-OH is 2. The van der Waals surface area contributed by atoms with Crippen molar-refractivity contribution in [2.45, 2.75) is 19.1 Å². The Hall–Kier alpha value is -1.38. The molecule has 2 unspecified atom stereocenters. The molecule has 1 rings (SSSR count). The number of rotatable bonds is 4. The van der Waals surface area contributed by atoms with E-state index in [9.17, 15) is 20.3 Å². The average molecular weight is 259 g/mol. The highest BCUT2D eigenvalue weighted by atomic mass is 32.1. The molecule has 94 valence electrons. The van der Waals surface area contributed by atoms with Crippen LogP contribution in [0.1, 0.15) is 17.2 Å². The van der Waals surface area contributed by atoms with Crippen LogP contribution in [0.2, 0.25) is 0 Å². The largest absolute Gasteiger partial charge is 0.389 e. The van der Waals surface area contributed by atoms with Gasteiger partial charge in [0, 0.05) is 23.1 Å². The summed E-state index contributed by atoms with van der Waals surface area (Å²) in [7, 11) is 0. The summed E-state index contributed by atoms with van der Waals surface area (Å²) in [5, 5.41) is 30.0. The Morgan fingerprint density at radius 3 is 2.71 bits per heavy atom. The third-order valence-electron chi connectivity index (χ3n) is 2.43. The quantitative estimate of drug-likeness (QED) is 0.348. The van der Waals surface area contributed by atoms with Gasteiger partial charge in [0.2, 0.25) is 5.82 Å². The van der Waals surface area contributed by atoms with Gasteiger partial charge in [0.1, 0.15) is 6.10 Å². The molecule has 4 N–H and O–H groups in total. The van der Waals surface area contributed by atoms with Crippen molar-refractivity contribution < 1.29 is 15.1 Å². The molecule has 0 radical (unpaired) electrons. The topological polar surface area (TPSA) is 123 Å². The van der Waals surface area contributed by atoms with Crippen LogP contribution in [0.15, 0.2) is 6.20 Å². The molecule has 0 spiro atoms. The predicted octanol–water partition coefficient (Wildman–Crippen LogP) is 0.205. The molecule has 0 saturated carbocycles. The molecule has 8 heteroatoms. The monoisotopic (exact) mass is 259 g/mol. The number of nitrogen functional groups attached to an aromatic ring is 1. The number of aliphatic hydroxyl groups is 2. The van der Waals surface area contributed by atoms with Gasteiger partial charge in [-0.3, -0.25) is 10.1 Å². The second kappa shape index (κ2) is 5.30. The number of hydrogen-bond acceptors (Lipinski definition) is 7. The van der Waals surface area contributed by atoms with Crippen LogP contribution >= 0.6 is 12.6 Å². The molecule has 0 aliphatic rings. The van der Waals surface area contributed by atoms with Crippen LogP contribution in [-0.2, 0) is 0 Å². The molecule has 0 bridgehead atoms. The highest BCUT2D eigenvalue weighted by Gasteiger charge is 2.26. The third kappa shape index (κ3) is 2.65. The Balaban J connectivity index is 3.28. The normalized spacial score (nSPS) is 14.4. The summed E-state index contributed by atoms with van der Waals surface area (Å²) in [6.45, 7) is 1.44. The highest BCUT2D eigenvalue weighted by Crippen LogP contribution is 2.30. The molecule has 1 heterocycles. The molecule has 0 aliphatic heterocycles. The van der Waals surface area contributed by atoms with E-state index in [0.29, 0.717) is 0 Å². The second-order valence-electron chi connectivity index (χ2n) is 3.52. The van der Waals surface area contributed by atoms with E-state index in [1.165, 1.54) is 13.1 Å². The molecule has 2 atom stereocenters. The lowest BCUT2D eigenvalue weighted by molar-refractivity contribution is -0.384. The van der Waals surface area contributed by atoms with Crippen molar-refractivity contribution in [3.63, 3.8) is 0 Å². The molecule has 7 nitrogen and oxygen atoms in total. The van der Waals surface area contributed by atoms with Gasteiger partial charge in [-0.15, -0.1) is 0 Å². The van der Waals surface area contributed by atoms with Gasteiger partial charge in [-0.2, -0.15) is 12.6 Å². The van der Waals surface area contributed by atoms with Crippen molar-refractivity contribution in [3.05, 3.63) is 27.4 Å². The lowest BCUT2D eigenvalue weighted by atomic mass is 10.0. The van der Waals surface area contributed by atoms with Gasteiger partial charge in [0.15, 0.2) is 0 Å². The summed E-state index contributed by atoms with van der Waals surface area (Å²) < 4.78 is 0. The predicted molar refractivity (Wildman–Crippen MR) is 64.9 cm³/mol. The van der Waals surface area contributed by atoms with Crippen molar-refractivity contribution >= 4 is 24.1 Å². The number of thiol groups is 1. The number of nitro groups is 1. The maximum absolute atomic E-state index is 10.8. The van der Waals surface area contributed by atoms with Gasteiger partial charge in [0.05, 0.1) is 11.0 Å². The van der Waals surface area contributed by atoms with Crippen LogP contribution in [0.25, 0.3) is 0 Å². The molecule has 0 aliphatic carbocycles. The lowest BCUT2D eigenvalue weighted by Crippen LogP contribution is -2.21. The van der Waals surface area contributed by atoms with Crippen LogP contribution < -0.4 is 5.73 Å². The number of hydrogen-bond donors (Lipinski definition) is 4. The first-order valence-corrected chi connectivity index (χ1v) is 5.39. The smallest absolute Gasteiger partial charge is 0.314 e. The number of nitrogens with two attached hydrogens (primary N) is 1. The van der Waals surface area contributed by atoms with Crippen LogP contribution in [0.4, 0.5) is 11.5 Å². The fraction of sp³-hybridized carbons (Fsp3) is 0.444. The summed E-state index contributed by atoms with van der Waals surface area (Å²) in [5.74, 6) is -0.192. The van der Waals surface area contributed by atoms with Gasteiger partial charge in [-0.05, 0) is 6.92 Å². The highest BCUT2D eigenvalue weighted by molar-refractivity contribution is 7.80. The Morgan fingerprint density at radius 2 is 2.24 bits per heavy atom. The minimum atomic E-state index is -1.28. The lowest BCUT2D eigenvalue weighted by Gasteiger charge is -2.17. The SMILES string of the molecule is Cc1c(C(O)C(O)CS)cnc(N)c1[N+](=O)[O-]. The van der Waals surface area contributed by atoms with E-state index >= 15 is 0 Å². The molecule has 0 saturated heterocycles. The molecular formula is C9H13N3O4S. The Morgan fingerprint density at radius 1 is 1.65 bits per heavy atom. The van der Waals surface area contributed by atoms with Crippen LogP contribution in [-0.4, -0.2) is 32.0 Å². The molecule has 0 fully saturated rings. The van der Waals surface area contributed by atoms with E-state index in [1.807, 2.05) is 0 Å². The van der Waals surface area contributed by atoms with E-state index in [1.54, 1.807) is 0 Å². The first kappa shape index (κ1) is 13.7. The molecule has 0 amide bonds. The summed E-state index contributed by atoms with van der Waals surface area (Å²) >= 11 is 3.84. The van der Waals surface area contributed by atoms with Crippen molar-refractivity contribution in [1.29, 1.82) is 0 Å². The Labute approximate surface area is 103 Å². The number of anilines is 1. The van der Waals surface area contributed by atoms with E-state index in [4.69, 9.17) is 5.73 Å². The Bertz CT molecular complexity index is 440. The molecule has 1 aromatic heterocycles. The number of pyridine rings is 1. The third-order valence-corrected chi connectivity index (χ3v) is 2.80. The van der Waals surface area contributed by atoms with Crippen LogP contribution in [0.3, 0.4) is 0 Å². The van der Waals surface area contributed by atoms with E-state index < -0.39 is 17.1 Å². The van der Waals surface area contributed by atoms with E-state index in [2.05, 4.69) is 17.6 Å². The van der Waals surface area contributed by atoms with Gasteiger partial charge in [-0.25, -0.2) is 4.98 Å². The van der Waals surface area contributed by atoms with Crippen molar-refractivity contribution in [2.24, 2.45) is 0 Å². The van der Waals surface area contributed by atoms with E-state index in [-0.39, 0.29) is 28.4 Å². The van der Waals surface area contributed by atoms with Crippen molar-refractivity contribution in [2.75, 3.05) is 11.5 Å². The average Bonchev–Trinajstić information content (AvgIpc) is 2.27. The minimum Gasteiger partial charge on any atom is -0.389 e. The molecule has 1 aromatic rings. The zero-order valence-electron chi connectivity index (χ0n) is 9.07. The molecule has 0 aromatic carbocycles. The summed E-state index contributed by atoms with van der Waals surface area (Å²) in [4.78, 5) is 13.8. The fourth-order valence-electron chi connectivity index (χ4n) is 1.46.